The van der Waals surface area contributed by atoms with Crippen molar-refractivity contribution in [1.29, 1.82) is 0 Å². The molecule has 0 fully saturated rings. The number of halogens is 3. The van der Waals surface area contributed by atoms with Gasteiger partial charge in [0.2, 0.25) is 0 Å². The topological polar surface area (TPSA) is 26.0 Å². The highest BCUT2D eigenvalue weighted by molar-refractivity contribution is 9.10. The Kier molecular flexibility index (Phi) is 3.58. The van der Waals surface area contributed by atoms with Crippen LogP contribution in [0.3, 0.4) is 0 Å². The molecule has 20 heavy (non-hydrogen) atoms. The summed E-state index contributed by atoms with van der Waals surface area (Å²) in [5, 5.41) is 2.79. The first kappa shape index (κ1) is 13.7. The molecule has 0 aliphatic heterocycles. The number of hydrogen-bond acceptors (Lipinski definition) is 2. The summed E-state index contributed by atoms with van der Waals surface area (Å²) in [5.74, 6) is -1.28. The Morgan fingerprint density at radius 2 is 1.75 bits per heavy atom. The van der Waals surface area contributed by atoms with Gasteiger partial charge in [0, 0.05) is 14.7 Å². The Hall–Kier alpha value is -1.30. The number of hydrogen-bond donors (Lipinski definition) is 1. The number of benzene rings is 2. The van der Waals surface area contributed by atoms with Gasteiger partial charge >= 0.3 is 0 Å². The van der Waals surface area contributed by atoms with E-state index in [2.05, 4.69) is 15.9 Å². The Bertz CT molecular complexity index is 761. The van der Waals surface area contributed by atoms with Crippen LogP contribution in [0.2, 0.25) is 0 Å². The lowest BCUT2D eigenvalue weighted by atomic mass is 9.98. The molecule has 1 nitrogen and oxygen atoms in total. The van der Waals surface area contributed by atoms with Crippen molar-refractivity contribution in [1.82, 2.24) is 0 Å². The Morgan fingerprint density at radius 1 is 1.10 bits per heavy atom. The van der Waals surface area contributed by atoms with Gasteiger partial charge in [-0.2, -0.15) is 0 Å². The van der Waals surface area contributed by atoms with E-state index in [0.29, 0.717) is 4.47 Å². The molecule has 1 unspecified atom stereocenters. The quantitative estimate of drug-likeness (QED) is 0.689. The summed E-state index contributed by atoms with van der Waals surface area (Å²) in [6.07, 6.45) is 0. The molecule has 1 aromatic heterocycles. The molecule has 1 heterocycles. The third kappa shape index (κ3) is 2.26. The number of nitrogens with two attached hydrogens (primary N) is 1. The average Bonchev–Trinajstić information content (AvgIpc) is 2.81. The van der Waals surface area contributed by atoms with Crippen LogP contribution in [-0.2, 0) is 0 Å². The molecule has 0 saturated heterocycles. The maximum Gasteiger partial charge on any atom is 0.132 e. The number of thiophene rings is 1. The lowest BCUT2D eigenvalue weighted by Crippen LogP contribution is -2.15. The van der Waals surface area contributed by atoms with Crippen molar-refractivity contribution < 1.29 is 8.78 Å². The predicted molar refractivity (Wildman–Crippen MR) is 81.9 cm³/mol. The van der Waals surface area contributed by atoms with Crippen LogP contribution in [0, 0.1) is 11.6 Å². The molecule has 2 aromatic carbocycles. The SMILES string of the molecule is NC(c1c(F)cc(Br)cc1F)c1csc2ccccc12. The number of fused-ring (bicyclic) bond motifs is 1. The second kappa shape index (κ2) is 5.24. The van der Waals surface area contributed by atoms with Crippen LogP contribution in [0.25, 0.3) is 10.1 Å². The minimum Gasteiger partial charge on any atom is -0.320 e. The van der Waals surface area contributed by atoms with Gasteiger partial charge in [-0.15, -0.1) is 11.3 Å². The van der Waals surface area contributed by atoms with E-state index in [-0.39, 0.29) is 5.56 Å². The minimum absolute atomic E-state index is 0.100. The number of rotatable bonds is 2. The molecule has 1 atom stereocenters. The highest BCUT2D eigenvalue weighted by Gasteiger charge is 2.21. The van der Waals surface area contributed by atoms with E-state index in [0.717, 1.165) is 15.6 Å². The third-order valence-corrected chi connectivity index (χ3v) is 4.64. The monoisotopic (exact) mass is 353 g/mol. The van der Waals surface area contributed by atoms with Gasteiger partial charge in [-0.1, -0.05) is 34.1 Å². The van der Waals surface area contributed by atoms with Crippen LogP contribution in [0.4, 0.5) is 8.78 Å². The largest absolute Gasteiger partial charge is 0.320 e. The van der Waals surface area contributed by atoms with E-state index in [1.807, 2.05) is 29.6 Å². The Balaban J connectivity index is 2.16. The van der Waals surface area contributed by atoms with Crippen LogP contribution in [0.15, 0.2) is 46.3 Å². The highest BCUT2D eigenvalue weighted by Crippen LogP contribution is 2.34. The Morgan fingerprint density at radius 3 is 2.45 bits per heavy atom. The zero-order valence-electron chi connectivity index (χ0n) is 10.2. The van der Waals surface area contributed by atoms with Crippen molar-refractivity contribution in [3.63, 3.8) is 0 Å². The zero-order chi connectivity index (χ0) is 14.3. The van der Waals surface area contributed by atoms with Crippen molar-refractivity contribution in [2.45, 2.75) is 6.04 Å². The molecule has 0 spiro atoms. The van der Waals surface area contributed by atoms with Crippen molar-refractivity contribution in [3.05, 3.63) is 69.0 Å². The smallest absolute Gasteiger partial charge is 0.132 e. The lowest BCUT2D eigenvalue weighted by molar-refractivity contribution is 0.543. The van der Waals surface area contributed by atoms with Crippen molar-refractivity contribution in [3.8, 4) is 0 Å². The average molecular weight is 354 g/mol. The molecule has 3 aromatic rings. The lowest BCUT2D eigenvalue weighted by Gasteiger charge is -2.14. The molecular weight excluding hydrogens is 344 g/mol. The third-order valence-electron chi connectivity index (χ3n) is 3.20. The first-order chi connectivity index (χ1) is 9.58. The summed E-state index contributed by atoms with van der Waals surface area (Å²) in [6.45, 7) is 0. The molecule has 3 rings (SSSR count). The van der Waals surface area contributed by atoms with Crippen LogP contribution in [0.5, 0.6) is 0 Å². The second-order valence-corrected chi connectivity index (χ2v) is 6.27. The van der Waals surface area contributed by atoms with Gasteiger partial charge in [-0.05, 0) is 34.5 Å². The fourth-order valence-corrected chi connectivity index (χ4v) is 3.64. The van der Waals surface area contributed by atoms with Gasteiger partial charge in [-0.3, -0.25) is 0 Å². The van der Waals surface area contributed by atoms with Crippen molar-refractivity contribution >= 4 is 37.4 Å². The van der Waals surface area contributed by atoms with E-state index < -0.39 is 17.7 Å². The van der Waals surface area contributed by atoms with E-state index in [1.54, 1.807) is 0 Å². The van der Waals surface area contributed by atoms with Crippen LogP contribution >= 0.6 is 27.3 Å². The summed E-state index contributed by atoms with van der Waals surface area (Å²) in [4.78, 5) is 0. The van der Waals surface area contributed by atoms with E-state index >= 15 is 0 Å². The predicted octanol–water partition coefficient (Wildman–Crippen LogP) is 4.99. The fraction of sp³-hybridized carbons (Fsp3) is 0.0667. The molecular formula is C15H10BrF2NS. The van der Waals surface area contributed by atoms with E-state index in [1.165, 1.54) is 23.5 Å². The van der Waals surface area contributed by atoms with Gasteiger partial charge in [0.15, 0.2) is 0 Å². The molecule has 0 bridgehead atoms. The maximum absolute atomic E-state index is 14.0. The second-order valence-electron chi connectivity index (χ2n) is 4.45. The van der Waals surface area contributed by atoms with Gasteiger partial charge < -0.3 is 5.73 Å². The summed E-state index contributed by atoms with van der Waals surface area (Å²) in [5.41, 5.74) is 6.73. The summed E-state index contributed by atoms with van der Waals surface area (Å²) < 4.78 is 29.4. The van der Waals surface area contributed by atoms with E-state index in [9.17, 15) is 8.78 Å². The van der Waals surface area contributed by atoms with Crippen LogP contribution in [-0.4, -0.2) is 0 Å². The van der Waals surface area contributed by atoms with Gasteiger partial charge in [0.25, 0.3) is 0 Å². The standard InChI is InChI=1S/C15H10BrF2NS/c16-8-5-11(17)14(12(18)6-8)15(19)10-7-20-13-4-2-1-3-9(10)13/h1-7,15H,19H2. The summed E-state index contributed by atoms with van der Waals surface area (Å²) >= 11 is 4.58. The molecule has 2 N–H and O–H groups in total. The first-order valence-corrected chi connectivity index (χ1v) is 7.61. The molecule has 0 saturated carbocycles. The molecule has 0 radical (unpaired) electrons. The van der Waals surface area contributed by atoms with E-state index in [4.69, 9.17) is 5.73 Å². The zero-order valence-corrected chi connectivity index (χ0v) is 12.6. The van der Waals surface area contributed by atoms with Crippen LogP contribution in [0.1, 0.15) is 17.2 Å². The molecule has 0 aliphatic rings. The maximum atomic E-state index is 14.0. The molecule has 102 valence electrons. The molecule has 0 aliphatic carbocycles. The van der Waals surface area contributed by atoms with Crippen molar-refractivity contribution in [2.24, 2.45) is 5.73 Å². The molecule has 0 amide bonds. The Labute approximate surface area is 127 Å². The highest BCUT2D eigenvalue weighted by atomic mass is 79.9. The molecule has 5 heteroatoms. The van der Waals surface area contributed by atoms with Gasteiger partial charge in [-0.25, -0.2) is 8.78 Å². The first-order valence-electron chi connectivity index (χ1n) is 5.94. The fourth-order valence-electron chi connectivity index (χ4n) is 2.25. The van der Waals surface area contributed by atoms with Gasteiger partial charge in [0.05, 0.1) is 6.04 Å². The summed E-state index contributed by atoms with van der Waals surface area (Å²) in [6, 6.07) is 9.33. The van der Waals surface area contributed by atoms with Gasteiger partial charge in [0.1, 0.15) is 11.6 Å². The summed E-state index contributed by atoms with van der Waals surface area (Å²) in [7, 11) is 0. The normalized spacial score (nSPS) is 12.8. The minimum atomic E-state index is -0.820. The van der Waals surface area contributed by atoms with Crippen LogP contribution < -0.4 is 5.73 Å². The van der Waals surface area contributed by atoms with Crippen molar-refractivity contribution in [2.75, 3.05) is 0 Å².